The Labute approximate surface area is 143 Å². The Morgan fingerprint density at radius 2 is 2.04 bits per heavy atom. The third kappa shape index (κ3) is 4.02. The number of halogens is 1. The maximum absolute atomic E-state index is 14.0. The Morgan fingerprint density at radius 1 is 1.33 bits per heavy atom. The molecule has 130 valence electrons. The second-order valence-electron chi connectivity index (χ2n) is 6.17. The molecule has 1 aromatic heterocycles. The van der Waals surface area contributed by atoms with Crippen LogP contribution in [0.15, 0.2) is 30.5 Å². The van der Waals surface area contributed by atoms with E-state index in [1.807, 2.05) is 20.8 Å². The van der Waals surface area contributed by atoms with E-state index in [4.69, 9.17) is 0 Å². The van der Waals surface area contributed by atoms with Crippen molar-refractivity contribution < 1.29 is 9.18 Å². The summed E-state index contributed by atoms with van der Waals surface area (Å²) >= 11 is 0. The van der Waals surface area contributed by atoms with E-state index in [-0.39, 0.29) is 24.3 Å². The number of rotatable bonds is 7. The van der Waals surface area contributed by atoms with Gasteiger partial charge in [-0.1, -0.05) is 32.0 Å². The van der Waals surface area contributed by atoms with Crippen LogP contribution >= 0.6 is 0 Å². The van der Waals surface area contributed by atoms with Crippen molar-refractivity contribution in [2.75, 3.05) is 0 Å². The molecule has 0 bridgehead atoms. The Morgan fingerprint density at radius 3 is 2.67 bits per heavy atom. The lowest BCUT2D eigenvalue weighted by atomic mass is 10.1. The van der Waals surface area contributed by atoms with E-state index in [2.05, 4.69) is 12.0 Å². The van der Waals surface area contributed by atoms with Gasteiger partial charge in [-0.2, -0.15) is 5.10 Å². The summed E-state index contributed by atoms with van der Waals surface area (Å²) in [7, 11) is 0. The van der Waals surface area contributed by atoms with Crippen LogP contribution in [0.4, 0.5) is 4.39 Å². The van der Waals surface area contributed by atoms with Crippen molar-refractivity contribution in [3.63, 3.8) is 0 Å². The molecule has 1 amide bonds. The van der Waals surface area contributed by atoms with Gasteiger partial charge < -0.3 is 4.90 Å². The first-order chi connectivity index (χ1) is 11.5. The minimum atomic E-state index is -0.281. The Balaban J connectivity index is 2.30. The molecule has 0 unspecified atom stereocenters. The average molecular weight is 331 g/mol. The average Bonchev–Trinajstić information content (AvgIpc) is 2.93. The quantitative estimate of drug-likeness (QED) is 0.763. The number of aromatic nitrogens is 2. The molecule has 1 atom stereocenters. The molecule has 1 heterocycles. The van der Waals surface area contributed by atoms with Crippen LogP contribution in [-0.2, 0) is 13.1 Å². The van der Waals surface area contributed by atoms with Crippen LogP contribution in [0.25, 0.3) is 0 Å². The van der Waals surface area contributed by atoms with Gasteiger partial charge in [0.1, 0.15) is 5.82 Å². The maximum atomic E-state index is 14.0. The van der Waals surface area contributed by atoms with Crippen molar-refractivity contribution >= 4 is 5.91 Å². The second-order valence-corrected chi connectivity index (χ2v) is 6.17. The number of nitrogens with zero attached hydrogens (tertiary/aromatic N) is 3. The van der Waals surface area contributed by atoms with Gasteiger partial charge in [0.2, 0.25) is 0 Å². The predicted molar refractivity (Wildman–Crippen MR) is 93.3 cm³/mol. The Bertz CT molecular complexity index is 696. The molecule has 1 aromatic carbocycles. The standard InChI is InChI=1S/C19H26FN3O/c1-5-11-22-13-17(15(4)21-22)19(24)23(14(3)6-2)12-16-9-7-8-10-18(16)20/h7-10,13-14H,5-6,11-12H2,1-4H3/t14-/m1/s1. The Kier molecular flexibility index (Phi) is 6.12. The van der Waals surface area contributed by atoms with Gasteiger partial charge in [-0.15, -0.1) is 0 Å². The lowest BCUT2D eigenvalue weighted by Crippen LogP contribution is -2.38. The lowest BCUT2D eigenvalue weighted by Gasteiger charge is -2.28. The summed E-state index contributed by atoms with van der Waals surface area (Å²) in [6.45, 7) is 8.98. The molecule has 0 N–H and O–H groups in total. The van der Waals surface area contributed by atoms with Crippen molar-refractivity contribution in [3.05, 3.63) is 53.1 Å². The van der Waals surface area contributed by atoms with Crippen molar-refractivity contribution in [1.29, 1.82) is 0 Å². The first kappa shape index (κ1) is 18.2. The summed E-state index contributed by atoms with van der Waals surface area (Å²) in [5.41, 5.74) is 1.85. The number of benzene rings is 1. The molecule has 24 heavy (non-hydrogen) atoms. The summed E-state index contributed by atoms with van der Waals surface area (Å²) in [5, 5.41) is 4.41. The number of hydrogen-bond acceptors (Lipinski definition) is 2. The molecule has 5 heteroatoms. The molecule has 0 fully saturated rings. The van der Waals surface area contributed by atoms with Crippen LogP contribution in [0.3, 0.4) is 0 Å². The SMILES string of the molecule is CCCn1cc(C(=O)N(Cc2ccccc2F)[C@H](C)CC)c(C)n1. The molecule has 0 saturated heterocycles. The first-order valence-electron chi connectivity index (χ1n) is 8.56. The topological polar surface area (TPSA) is 38.1 Å². The molecule has 2 aromatic rings. The molecular weight excluding hydrogens is 305 g/mol. The van der Waals surface area contributed by atoms with Crippen LogP contribution < -0.4 is 0 Å². The van der Waals surface area contributed by atoms with E-state index >= 15 is 0 Å². The summed E-state index contributed by atoms with van der Waals surface area (Å²) in [5.74, 6) is -0.371. The normalized spacial score (nSPS) is 12.2. The fraction of sp³-hybridized carbons (Fsp3) is 0.474. The molecule has 0 aliphatic heterocycles. The van der Waals surface area contributed by atoms with E-state index in [9.17, 15) is 9.18 Å². The highest BCUT2D eigenvalue weighted by Crippen LogP contribution is 2.18. The van der Waals surface area contributed by atoms with Crippen LogP contribution in [0.2, 0.25) is 0 Å². The van der Waals surface area contributed by atoms with Gasteiger partial charge in [-0.3, -0.25) is 9.48 Å². The van der Waals surface area contributed by atoms with E-state index in [1.165, 1.54) is 6.07 Å². The summed E-state index contributed by atoms with van der Waals surface area (Å²) in [6.07, 6.45) is 3.57. The number of carbonyl (C=O) groups excluding carboxylic acids is 1. The van der Waals surface area contributed by atoms with Crippen molar-refractivity contribution in [2.45, 2.75) is 59.7 Å². The molecule has 0 radical (unpaired) electrons. The van der Waals surface area contributed by atoms with Crippen molar-refractivity contribution in [2.24, 2.45) is 0 Å². The number of aryl methyl sites for hydroxylation is 2. The van der Waals surface area contributed by atoms with Crippen LogP contribution in [0.1, 0.15) is 55.2 Å². The first-order valence-corrected chi connectivity index (χ1v) is 8.56. The predicted octanol–water partition coefficient (Wildman–Crippen LogP) is 4.18. The van der Waals surface area contributed by atoms with Gasteiger partial charge in [-0.25, -0.2) is 4.39 Å². The smallest absolute Gasteiger partial charge is 0.257 e. The highest BCUT2D eigenvalue weighted by atomic mass is 19.1. The third-order valence-corrected chi connectivity index (χ3v) is 4.31. The molecular formula is C19H26FN3O. The fourth-order valence-corrected chi connectivity index (χ4v) is 2.68. The molecule has 0 spiro atoms. The van der Waals surface area contributed by atoms with E-state index in [0.29, 0.717) is 11.1 Å². The Hall–Kier alpha value is -2.17. The van der Waals surface area contributed by atoms with Gasteiger partial charge in [0, 0.05) is 30.9 Å². The van der Waals surface area contributed by atoms with E-state index in [0.717, 1.165) is 25.1 Å². The molecule has 0 aliphatic carbocycles. The second kappa shape index (κ2) is 8.08. The summed E-state index contributed by atoms with van der Waals surface area (Å²) in [6, 6.07) is 6.63. The maximum Gasteiger partial charge on any atom is 0.257 e. The van der Waals surface area contributed by atoms with Gasteiger partial charge in [0.05, 0.1) is 11.3 Å². The largest absolute Gasteiger partial charge is 0.331 e. The fourth-order valence-electron chi connectivity index (χ4n) is 2.68. The zero-order valence-corrected chi connectivity index (χ0v) is 14.9. The van der Waals surface area contributed by atoms with Crippen LogP contribution in [0, 0.1) is 12.7 Å². The summed E-state index contributed by atoms with van der Waals surface area (Å²) < 4.78 is 15.8. The number of hydrogen-bond donors (Lipinski definition) is 0. The van der Waals surface area contributed by atoms with Gasteiger partial charge >= 0.3 is 0 Å². The molecule has 2 rings (SSSR count). The third-order valence-electron chi connectivity index (χ3n) is 4.31. The van der Waals surface area contributed by atoms with Crippen LogP contribution in [0.5, 0.6) is 0 Å². The van der Waals surface area contributed by atoms with Crippen LogP contribution in [-0.4, -0.2) is 26.6 Å². The van der Waals surface area contributed by atoms with Gasteiger partial charge in [-0.05, 0) is 32.8 Å². The molecule has 0 saturated carbocycles. The molecule has 0 aliphatic rings. The number of amides is 1. The van der Waals surface area contributed by atoms with E-state index < -0.39 is 0 Å². The summed E-state index contributed by atoms with van der Waals surface area (Å²) in [4.78, 5) is 14.8. The zero-order valence-electron chi connectivity index (χ0n) is 14.9. The van der Waals surface area contributed by atoms with E-state index in [1.54, 1.807) is 34.0 Å². The van der Waals surface area contributed by atoms with Gasteiger partial charge in [0.25, 0.3) is 5.91 Å². The minimum absolute atomic E-state index is 0.0195. The molecule has 4 nitrogen and oxygen atoms in total. The lowest BCUT2D eigenvalue weighted by molar-refractivity contribution is 0.0668. The number of carbonyl (C=O) groups is 1. The minimum Gasteiger partial charge on any atom is -0.331 e. The highest BCUT2D eigenvalue weighted by Gasteiger charge is 2.24. The highest BCUT2D eigenvalue weighted by molar-refractivity contribution is 5.95. The van der Waals surface area contributed by atoms with Gasteiger partial charge in [0.15, 0.2) is 0 Å². The van der Waals surface area contributed by atoms with Crippen molar-refractivity contribution in [1.82, 2.24) is 14.7 Å². The monoisotopic (exact) mass is 331 g/mol. The van der Waals surface area contributed by atoms with Crippen molar-refractivity contribution in [3.8, 4) is 0 Å². The zero-order chi connectivity index (χ0) is 17.7.